The van der Waals surface area contributed by atoms with Crippen molar-refractivity contribution in [3.8, 4) is 11.5 Å². The zero-order valence-corrected chi connectivity index (χ0v) is 20.2. The molecule has 0 spiro atoms. The van der Waals surface area contributed by atoms with Crippen molar-refractivity contribution in [1.29, 1.82) is 0 Å². The number of Topliss-reactive ketones (excluding diaryl/α,β-unsaturated/α-hetero) is 1. The fraction of sp³-hybridized carbons (Fsp3) is 0.565. The molecule has 11 nitrogen and oxygen atoms in total. The number of likely N-dealkylation sites (N-methyl/N-ethyl adjacent to an activating group) is 1. The molecule has 188 valence electrons. The summed E-state index contributed by atoms with van der Waals surface area (Å²) in [7, 11) is 1.49. The van der Waals surface area contributed by atoms with E-state index < -0.39 is 35.8 Å². The van der Waals surface area contributed by atoms with Crippen LogP contribution in [0.15, 0.2) is 18.2 Å². The van der Waals surface area contributed by atoms with Gasteiger partial charge in [0.2, 0.25) is 12.7 Å². The second kappa shape index (κ2) is 11.6. The van der Waals surface area contributed by atoms with E-state index in [9.17, 15) is 19.2 Å². The topological polar surface area (TPSA) is 144 Å². The number of ether oxygens (including phenoxy) is 3. The Labute approximate surface area is 198 Å². The first-order valence-electron chi connectivity index (χ1n) is 11.1. The van der Waals surface area contributed by atoms with Crippen LogP contribution in [0.3, 0.4) is 0 Å². The van der Waals surface area contributed by atoms with Gasteiger partial charge in [-0.05, 0) is 65.2 Å². The third kappa shape index (κ3) is 7.82. The Morgan fingerprint density at radius 3 is 2.47 bits per heavy atom. The van der Waals surface area contributed by atoms with Crippen molar-refractivity contribution in [3.63, 3.8) is 0 Å². The highest BCUT2D eigenvalue weighted by molar-refractivity contribution is 6.02. The van der Waals surface area contributed by atoms with E-state index in [1.807, 2.05) is 0 Å². The van der Waals surface area contributed by atoms with Crippen LogP contribution < -0.4 is 20.1 Å². The standard InChI is InChI=1S/C23H33N3O8/c1-14(19(27)15-9-10-17-18(12-15)33-13-32-17)26(5)20(28)16(8-6-7-11-24-21(29)30)25-22(31)34-23(2,3)4/h9-10,12,14,16,24H,6-8,11,13H2,1-5H3,(H,25,31)(H,29,30)/t14?,16-/m0/s1. The molecule has 34 heavy (non-hydrogen) atoms. The first-order chi connectivity index (χ1) is 15.9. The molecule has 0 bridgehead atoms. The summed E-state index contributed by atoms with van der Waals surface area (Å²) in [6.07, 6.45) is -0.700. The van der Waals surface area contributed by atoms with Crippen molar-refractivity contribution in [2.24, 2.45) is 0 Å². The van der Waals surface area contributed by atoms with Crippen molar-refractivity contribution >= 4 is 23.9 Å². The Kier molecular flexibility index (Phi) is 9.11. The number of unbranched alkanes of at least 4 members (excludes halogenated alkanes) is 1. The maximum Gasteiger partial charge on any atom is 0.408 e. The molecule has 1 aromatic carbocycles. The summed E-state index contributed by atoms with van der Waals surface area (Å²) in [5, 5.41) is 13.5. The van der Waals surface area contributed by atoms with Gasteiger partial charge in [-0.2, -0.15) is 0 Å². The van der Waals surface area contributed by atoms with E-state index in [4.69, 9.17) is 19.3 Å². The molecule has 0 saturated heterocycles. The second-order valence-electron chi connectivity index (χ2n) is 8.98. The Morgan fingerprint density at radius 1 is 1.15 bits per heavy atom. The highest BCUT2D eigenvalue weighted by Crippen LogP contribution is 2.33. The van der Waals surface area contributed by atoms with Crippen LogP contribution in [0.1, 0.15) is 57.3 Å². The van der Waals surface area contributed by atoms with Gasteiger partial charge in [0.05, 0.1) is 6.04 Å². The van der Waals surface area contributed by atoms with Crippen molar-refractivity contribution in [3.05, 3.63) is 23.8 Å². The number of carbonyl (C=O) groups is 4. The second-order valence-corrected chi connectivity index (χ2v) is 8.98. The molecule has 3 N–H and O–H groups in total. The molecule has 0 saturated carbocycles. The third-order valence-electron chi connectivity index (χ3n) is 5.15. The molecule has 1 aliphatic rings. The molecule has 11 heteroatoms. The van der Waals surface area contributed by atoms with Crippen LogP contribution in [0.4, 0.5) is 9.59 Å². The van der Waals surface area contributed by atoms with Crippen LogP contribution in [0.5, 0.6) is 11.5 Å². The zero-order chi connectivity index (χ0) is 25.5. The van der Waals surface area contributed by atoms with Gasteiger partial charge >= 0.3 is 12.2 Å². The van der Waals surface area contributed by atoms with Crippen molar-refractivity contribution in [1.82, 2.24) is 15.5 Å². The molecule has 0 radical (unpaired) electrons. The molecule has 1 heterocycles. The maximum atomic E-state index is 13.2. The molecule has 0 aromatic heterocycles. The Bertz CT molecular complexity index is 912. The minimum atomic E-state index is -1.13. The monoisotopic (exact) mass is 479 g/mol. The maximum absolute atomic E-state index is 13.2. The normalized spacial score (nSPS) is 14.0. The van der Waals surface area contributed by atoms with Gasteiger partial charge in [-0.3, -0.25) is 9.59 Å². The number of benzene rings is 1. The lowest BCUT2D eigenvalue weighted by molar-refractivity contribution is -0.133. The summed E-state index contributed by atoms with van der Waals surface area (Å²) in [6, 6.07) is 3.06. The zero-order valence-electron chi connectivity index (χ0n) is 20.2. The molecule has 1 unspecified atom stereocenters. The smallest absolute Gasteiger partial charge is 0.408 e. The van der Waals surface area contributed by atoms with Crippen LogP contribution in [-0.2, 0) is 9.53 Å². The van der Waals surface area contributed by atoms with Gasteiger partial charge in [-0.15, -0.1) is 0 Å². The number of carboxylic acid groups (broad SMARTS) is 1. The van der Waals surface area contributed by atoms with E-state index in [0.29, 0.717) is 29.9 Å². The molecule has 2 rings (SSSR count). The first-order valence-corrected chi connectivity index (χ1v) is 11.1. The summed E-state index contributed by atoms with van der Waals surface area (Å²) >= 11 is 0. The number of amides is 3. The van der Waals surface area contributed by atoms with E-state index in [1.54, 1.807) is 45.9 Å². The fourth-order valence-corrected chi connectivity index (χ4v) is 3.28. The number of fused-ring (bicyclic) bond motifs is 1. The minimum absolute atomic E-state index is 0.0842. The van der Waals surface area contributed by atoms with Gasteiger partial charge in [0.25, 0.3) is 0 Å². The van der Waals surface area contributed by atoms with E-state index in [2.05, 4.69) is 10.6 Å². The number of hydrogen-bond acceptors (Lipinski definition) is 7. The largest absolute Gasteiger partial charge is 0.465 e. The highest BCUT2D eigenvalue weighted by Gasteiger charge is 2.31. The lowest BCUT2D eigenvalue weighted by Crippen LogP contribution is -2.52. The predicted molar refractivity (Wildman–Crippen MR) is 122 cm³/mol. The van der Waals surface area contributed by atoms with Crippen molar-refractivity contribution < 1.29 is 38.5 Å². The van der Waals surface area contributed by atoms with Crippen LogP contribution in [0.25, 0.3) is 0 Å². The van der Waals surface area contributed by atoms with Gasteiger partial charge in [0, 0.05) is 19.2 Å². The number of alkyl carbamates (subject to hydrolysis) is 1. The average molecular weight is 480 g/mol. The summed E-state index contributed by atoms with van der Waals surface area (Å²) in [5.74, 6) is 0.258. The number of ketones is 1. The summed E-state index contributed by atoms with van der Waals surface area (Å²) < 4.78 is 15.9. The van der Waals surface area contributed by atoms with Crippen LogP contribution in [0.2, 0.25) is 0 Å². The first kappa shape index (κ1) is 26.7. The average Bonchev–Trinajstić information content (AvgIpc) is 3.22. The van der Waals surface area contributed by atoms with Crippen LogP contribution in [0, 0.1) is 0 Å². The number of nitrogens with zero attached hydrogens (tertiary/aromatic N) is 1. The molecule has 0 aliphatic carbocycles. The molecule has 2 atom stereocenters. The van der Waals surface area contributed by atoms with Crippen LogP contribution >= 0.6 is 0 Å². The van der Waals surface area contributed by atoms with E-state index in [0.717, 1.165) is 0 Å². The van der Waals surface area contributed by atoms with E-state index in [-0.39, 0.29) is 25.5 Å². The highest BCUT2D eigenvalue weighted by atomic mass is 16.7. The predicted octanol–water partition coefficient (Wildman–Crippen LogP) is 2.78. The Hall–Kier alpha value is -3.50. The fourth-order valence-electron chi connectivity index (χ4n) is 3.28. The lowest BCUT2D eigenvalue weighted by atomic mass is 10.0. The Balaban J connectivity index is 2.07. The van der Waals surface area contributed by atoms with Gasteiger partial charge < -0.3 is 34.9 Å². The molecule has 1 aromatic rings. The molecule has 3 amide bonds. The lowest BCUT2D eigenvalue weighted by Gasteiger charge is -2.29. The number of carbonyl (C=O) groups excluding carboxylic acids is 3. The minimum Gasteiger partial charge on any atom is -0.465 e. The summed E-state index contributed by atoms with van der Waals surface area (Å²) in [6.45, 7) is 7.03. The van der Waals surface area contributed by atoms with E-state index >= 15 is 0 Å². The number of hydrogen-bond donors (Lipinski definition) is 3. The molecule has 0 fully saturated rings. The molecule has 1 aliphatic heterocycles. The number of nitrogens with one attached hydrogen (secondary N) is 2. The third-order valence-corrected chi connectivity index (χ3v) is 5.15. The van der Waals surface area contributed by atoms with Crippen LogP contribution in [-0.4, -0.2) is 72.0 Å². The summed E-state index contributed by atoms with van der Waals surface area (Å²) in [5.41, 5.74) is -0.384. The number of rotatable bonds is 10. The van der Waals surface area contributed by atoms with Gasteiger partial charge in [-0.1, -0.05) is 0 Å². The van der Waals surface area contributed by atoms with Gasteiger partial charge in [0.1, 0.15) is 11.6 Å². The molecular formula is C23H33N3O8. The SMILES string of the molecule is CC(C(=O)c1ccc2c(c1)OCO2)N(C)C(=O)[C@H](CCCCNC(=O)O)NC(=O)OC(C)(C)C. The van der Waals surface area contributed by atoms with Crippen molar-refractivity contribution in [2.75, 3.05) is 20.4 Å². The Morgan fingerprint density at radius 2 is 1.82 bits per heavy atom. The van der Waals surface area contributed by atoms with Gasteiger partial charge in [-0.25, -0.2) is 9.59 Å². The van der Waals surface area contributed by atoms with E-state index in [1.165, 1.54) is 11.9 Å². The van der Waals surface area contributed by atoms with Crippen molar-refractivity contribution in [2.45, 2.75) is 64.6 Å². The quantitative estimate of drug-likeness (QED) is 0.343. The summed E-state index contributed by atoms with van der Waals surface area (Å²) in [4.78, 5) is 50.5. The van der Waals surface area contributed by atoms with Gasteiger partial charge in [0.15, 0.2) is 17.3 Å². The molecular weight excluding hydrogens is 446 g/mol.